The Morgan fingerprint density at radius 2 is 1.84 bits per heavy atom. The molecular weight excluding hydrogens is 272 g/mol. The van der Waals surface area contributed by atoms with Crippen molar-refractivity contribution < 1.29 is 13.6 Å². The maximum atomic E-state index is 13.1. The van der Waals surface area contributed by atoms with E-state index in [9.17, 15) is 13.6 Å². The van der Waals surface area contributed by atoms with E-state index in [0.717, 1.165) is 32.2 Å². The highest BCUT2D eigenvalue weighted by atomic mass is 35.5. The van der Waals surface area contributed by atoms with Crippen LogP contribution in [0.3, 0.4) is 0 Å². The summed E-state index contributed by atoms with van der Waals surface area (Å²) in [6.45, 7) is 0.739. The highest BCUT2D eigenvalue weighted by Crippen LogP contribution is 2.37. The average Bonchev–Trinajstić information content (AvgIpc) is 2.62. The highest BCUT2D eigenvalue weighted by Gasteiger charge is 2.39. The summed E-state index contributed by atoms with van der Waals surface area (Å²) in [5.74, 6) is -2.28. The van der Waals surface area contributed by atoms with Gasteiger partial charge in [0.15, 0.2) is 0 Å². The predicted octanol–water partition coefficient (Wildman–Crippen LogP) is 3.82. The molecule has 0 N–H and O–H groups in total. The number of nitrogens with zero attached hydrogens (tertiary/aromatic N) is 1. The molecule has 1 saturated carbocycles. The van der Waals surface area contributed by atoms with Crippen molar-refractivity contribution in [3.05, 3.63) is 0 Å². The summed E-state index contributed by atoms with van der Waals surface area (Å²) in [6.07, 6.45) is 4.50. The molecule has 0 aromatic heterocycles. The zero-order valence-corrected chi connectivity index (χ0v) is 12.0. The van der Waals surface area contributed by atoms with E-state index in [4.69, 9.17) is 11.6 Å². The molecule has 110 valence electrons. The fourth-order valence-electron chi connectivity index (χ4n) is 3.15. The molecule has 2 nitrogen and oxygen atoms in total. The number of likely N-dealkylation sites (tertiary alicyclic amines) is 1. The van der Waals surface area contributed by atoms with Gasteiger partial charge in [0.05, 0.1) is 0 Å². The highest BCUT2D eigenvalue weighted by molar-refractivity contribution is 6.18. The van der Waals surface area contributed by atoms with Crippen LogP contribution in [0.2, 0.25) is 0 Å². The fourth-order valence-corrected chi connectivity index (χ4v) is 3.47. The Kier molecular flexibility index (Phi) is 5.04. The second-order valence-corrected chi connectivity index (χ2v) is 6.13. The van der Waals surface area contributed by atoms with E-state index < -0.39 is 5.92 Å². The third-order valence-electron chi connectivity index (χ3n) is 4.40. The first-order valence-electron chi connectivity index (χ1n) is 7.28. The van der Waals surface area contributed by atoms with Crippen molar-refractivity contribution in [3.63, 3.8) is 0 Å². The molecular formula is C14H22ClF2NO. The second kappa shape index (κ2) is 6.38. The number of hydrogen-bond acceptors (Lipinski definition) is 1. The van der Waals surface area contributed by atoms with Crippen molar-refractivity contribution in [2.75, 3.05) is 12.4 Å². The van der Waals surface area contributed by atoms with E-state index >= 15 is 0 Å². The standard InChI is InChI=1S/C14H22ClF2NO/c15-10-12-4-2-1-3-9-18(12)13(19)11-5-7-14(16,17)8-6-11/h11-12H,1-10H2. The first-order chi connectivity index (χ1) is 9.03. The zero-order chi connectivity index (χ0) is 13.9. The number of carbonyl (C=O) groups excluding carboxylic acids is 1. The Balaban J connectivity index is 1.97. The van der Waals surface area contributed by atoms with Crippen LogP contribution in [0, 0.1) is 5.92 Å². The Labute approximate surface area is 118 Å². The summed E-state index contributed by atoms with van der Waals surface area (Å²) in [6, 6.07) is 0.0964. The normalized spacial score (nSPS) is 29.0. The maximum absolute atomic E-state index is 13.1. The molecule has 0 bridgehead atoms. The van der Waals surface area contributed by atoms with E-state index in [2.05, 4.69) is 0 Å². The number of rotatable bonds is 2. The molecule has 0 spiro atoms. The number of alkyl halides is 3. The van der Waals surface area contributed by atoms with Gasteiger partial charge in [-0.1, -0.05) is 12.8 Å². The van der Waals surface area contributed by atoms with Crippen molar-refractivity contribution in [2.45, 2.75) is 63.3 Å². The topological polar surface area (TPSA) is 20.3 Å². The molecule has 0 aromatic rings. The molecule has 1 amide bonds. The molecule has 2 fully saturated rings. The minimum Gasteiger partial charge on any atom is -0.338 e. The Morgan fingerprint density at radius 3 is 2.47 bits per heavy atom. The van der Waals surface area contributed by atoms with Gasteiger partial charge in [0, 0.05) is 37.2 Å². The Hall–Kier alpha value is -0.380. The van der Waals surface area contributed by atoms with Crippen molar-refractivity contribution in [1.82, 2.24) is 4.90 Å². The van der Waals surface area contributed by atoms with Crippen LogP contribution in [0.15, 0.2) is 0 Å². The molecule has 1 unspecified atom stereocenters. The van der Waals surface area contributed by atoms with Crippen LogP contribution in [0.4, 0.5) is 8.78 Å². The molecule has 1 saturated heterocycles. The smallest absolute Gasteiger partial charge is 0.248 e. The van der Waals surface area contributed by atoms with Crippen molar-refractivity contribution in [1.29, 1.82) is 0 Å². The number of halogens is 3. The maximum Gasteiger partial charge on any atom is 0.248 e. The molecule has 0 radical (unpaired) electrons. The first kappa shape index (κ1) is 15.0. The van der Waals surface area contributed by atoms with Crippen molar-refractivity contribution in [2.24, 2.45) is 5.92 Å². The van der Waals surface area contributed by atoms with Crippen LogP contribution in [0.1, 0.15) is 51.4 Å². The third kappa shape index (κ3) is 3.80. The van der Waals surface area contributed by atoms with Gasteiger partial charge < -0.3 is 4.90 Å². The van der Waals surface area contributed by atoms with Gasteiger partial charge in [-0.15, -0.1) is 11.6 Å². The molecule has 1 heterocycles. The van der Waals surface area contributed by atoms with Crippen LogP contribution >= 0.6 is 11.6 Å². The molecule has 1 aliphatic heterocycles. The van der Waals surface area contributed by atoms with Crippen LogP contribution in [-0.2, 0) is 4.79 Å². The van der Waals surface area contributed by atoms with Gasteiger partial charge in [-0.3, -0.25) is 4.79 Å². The van der Waals surface area contributed by atoms with Gasteiger partial charge >= 0.3 is 0 Å². The van der Waals surface area contributed by atoms with Crippen molar-refractivity contribution >= 4 is 17.5 Å². The lowest BCUT2D eigenvalue weighted by atomic mass is 9.85. The Morgan fingerprint density at radius 1 is 1.16 bits per heavy atom. The summed E-state index contributed by atoms with van der Waals surface area (Å²) in [4.78, 5) is 14.4. The molecule has 1 atom stereocenters. The SMILES string of the molecule is O=C(C1CCC(F)(F)CC1)N1CCCCCC1CCl. The molecule has 1 aliphatic carbocycles. The lowest BCUT2D eigenvalue weighted by molar-refractivity contribution is -0.141. The van der Waals surface area contributed by atoms with Gasteiger partial charge in [0.1, 0.15) is 0 Å². The van der Waals surface area contributed by atoms with Crippen LogP contribution in [-0.4, -0.2) is 35.2 Å². The largest absolute Gasteiger partial charge is 0.338 e. The lowest BCUT2D eigenvalue weighted by Crippen LogP contribution is -2.45. The predicted molar refractivity (Wildman–Crippen MR) is 71.6 cm³/mol. The number of carbonyl (C=O) groups is 1. The van der Waals surface area contributed by atoms with Gasteiger partial charge in [0.2, 0.25) is 11.8 Å². The minimum absolute atomic E-state index is 0.0584. The fraction of sp³-hybridized carbons (Fsp3) is 0.929. The van der Waals surface area contributed by atoms with E-state index in [1.54, 1.807) is 0 Å². The summed E-state index contributed by atoms with van der Waals surface area (Å²) >= 11 is 5.96. The van der Waals surface area contributed by atoms with E-state index in [1.807, 2.05) is 4.90 Å². The third-order valence-corrected chi connectivity index (χ3v) is 4.76. The average molecular weight is 294 g/mol. The summed E-state index contributed by atoms with van der Waals surface area (Å²) < 4.78 is 26.3. The molecule has 2 rings (SSSR count). The number of hydrogen-bond donors (Lipinski definition) is 0. The minimum atomic E-state index is -2.57. The lowest BCUT2D eigenvalue weighted by Gasteiger charge is -2.35. The molecule has 5 heteroatoms. The molecule has 0 aromatic carbocycles. The van der Waals surface area contributed by atoms with Crippen molar-refractivity contribution in [3.8, 4) is 0 Å². The van der Waals surface area contributed by atoms with Crippen LogP contribution in [0.25, 0.3) is 0 Å². The van der Waals surface area contributed by atoms with Gasteiger partial charge in [0.25, 0.3) is 0 Å². The molecule has 19 heavy (non-hydrogen) atoms. The van der Waals surface area contributed by atoms with Gasteiger partial charge in [-0.2, -0.15) is 0 Å². The zero-order valence-electron chi connectivity index (χ0n) is 11.2. The Bertz CT molecular complexity index is 315. The number of amides is 1. The van der Waals surface area contributed by atoms with Crippen LogP contribution < -0.4 is 0 Å². The van der Waals surface area contributed by atoms with Gasteiger partial charge in [-0.05, 0) is 25.7 Å². The van der Waals surface area contributed by atoms with Gasteiger partial charge in [-0.25, -0.2) is 8.78 Å². The first-order valence-corrected chi connectivity index (χ1v) is 7.81. The van der Waals surface area contributed by atoms with Crippen LogP contribution in [0.5, 0.6) is 0 Å². The monoisotopic (exact) mass is 293 g/mol. The summed E-state index contributed by atoms with van der Waals surface area (Å²) in [7, 11) is 0. The van der Waals surface area contributed by atoms with E-state index in [-0.39, 0.29) is 30.7 Å². The second-order valence-electron chi connectivity index (χ2n) is 5.82. The summed E-state index contributed by atoms with van der Waals surface area (Å²) in [5, 5.41) is 0. The quantitative estimate of drug-likeness (QED) is 0.709. The molecule has 2 aliphatic rings. The summed E-state index contributed by atoms with van der Waals surface area (Å²) in [5.41, 5.74) is 0. The van der Waals surface area contributed by atoms with E-state index in [1.165, 1.54) is 0 Å². The van der Waals surface area contributed by atoms with E-state index in [0.29, 0.717) is 18.7 Å².